The van der Waals surface area contributed by atoms with Gasteiger partial charge in [-0.2, -0.15) is 0 Å². The summed E-state index contributed by atoms with van der Waals surface area (Å²) in [5.74, 6) is 0.301. The van der Waals surface area contributed by atoms with Crippen molar-refractivity contribution in [3.8, 4) is 5.75 Å². The van der Waals surface area contributed by atoms with E-state index in [-0.39, 0.29) is 0 Å². The Kier molecular flexibility index (Phi) is 3.23. The number of nitrogens with one attached hydrogen (secondary N) is 1. The van der Waals surface area contributed by atoms with Crippen LogP contribution in [0.25, 0.3) is 4.96 Å². The molecule has 0 amide bonds. The summed E-state index contributed by atoms with van der Waals surface area (Å²) < 4.78 is 2.13. The molecule has 0 aliphatic carbocycles. The number of aromatic nitrogens is 2. The second-order valence-corrected chi connectivity index (χ2v) is 5.34. The minimum Gasteiger partial charge on any atom is -0.508 e. The fraction of sp³-hybridized carbons (Fsp3) is 0.214. The highest BCUT2D eigenvalue weighted by Crippen LogP contribution is 2.16. The van der Waals surface area contributed by atoms with Crippen molar-refractivity contribution in [1.82, 2.24) is 14.7 Å². The lowest BCUT2D eigenvalue weighted by molar-refractivity contribution is 0.475. The third-order valence-electron chi connectivity index (χ3n) is 3.12. The van der Waals surface area contributed by atoms with Gasteiger partial charge in [0.25, 0.3) is 0 Å². The summed E-state index contributed by atoms with van der Waals surface area (Å²) in [7, 11) is 0. The molecular weight excluding hydrogens is 258 g/mol. The number of aryl methyl sites for hydroxylation is 1. The number of phenols is 1. The van der Waals surface area contributed by atoms with Crippen LogP contribution in [0.15, 0.2) is 35.8 Å². The predicted octanol–water partition coefficient (Wildman–Crippen LogP) is 2.70. The lowest BCUT2D eigenvalue weighted by atomic mass is 10.2. The number of fused-ring (bicyclic) bond motifs is 1. The summed E-state index contributed by atoms with van der Waals surface area (Å²) in [4.78, 5) is 5.56. The van der Waals surface area contributed by atoms with Crippen LogP contribution >= 0.6 is 11.3 Å². The first kappa shape index (κ1) is 12.2. The number of thiazole rings is 1. The van der Waals surface area contributed by atoms with E-state index in [4.69, 9.17) is 0 Å². The number of aromatic hydroxyl groups is 1. The highest BCUT2D eigenvalue weighted by Gasteiger charge is 2.08. The van der Waals surface area contributed by atoms with Gasteiger partial charge in [0.2, 0.25) is 0 Å². The first-order valence-electron chi connectivity index (χ1n) is 6.13. The fourth-order valence-electron chi connectivity index (χ4n) is 2.09. The Balaban J connectivity index is 1.67. The molecule has 19 heavy (non-hydrogen) atoms. The second-order valence-electron chi connectivity index (χ2n) is 4.47. The molecule has 0 spiro atoms. The molecule has 3 aromatic rings. The lowest BCUT2D eigenvalue weighted by Gasteiger charge is -2.05. The van der Waals surface area contributed by atoms with E-state index >= 15 is 0 Å². The molecule has 4 nitrogen and oxygen atoms in total. The Morgan fingerprint density at radius 2 is 2.05 bits per heavy atom. The molecule has 0 unspecified atom stereocenters. The van der Waals surface area contributed by atoms with E-state index in [0.29, 0.717) is 5.75 Å². The monoisotopic (exact) mass is 273 g/mol. The van der Waals surface area contributed by atoms with Crippen molar-refractivity contribution in [3.05, 3.63) is 52.8 Å². The second kappa shape index (κ2) is 5.03. The summed E-state index contributed by atoms with van der Waals surface area (Å²) >= 11 is 1.65. The standard InChI is InChI=1S/C14H15N3OS/c1-10-13(17-6-7-19-14(17)16-10)9-15-8-11-2-4-12(18)5-3-11/h2-7,15,18H,8-9H2,1H3. The summed E-state index contributed by atoms with van der Waals surface area (Å²) in [6.07, 6.45) is 2.05. The van der Waals surface area contributed by atoms with Crippen LogP contribution in [0, 0.1) is 6.92 Å². The minimum absolute atomic E-state index is 0.301. The SMILES string of the molecule is Cc1nc2sccn2c1CNCc1ccc(O)cc1. The Hall–Kier alpha value is -1.85. The Labute approximate surface area is 115 Å². The lowest BCUT2D eigenvalue weighted by Crippen LogP contribution is -2.14. The maximum Gasteiger partial charge on any atom is 0.194 e. The number of benzene rings is 1. The van der Waals surface area contributed by atoms with Gasteiger partial charge >= 0.3 is 0 Å². The molecule has 5 heteroatoms. The van der Waals surface area contributed by atoms with Crippen LogP contribution in [0.5, 0.6) is 5.75 Å². The van der Waals surface area contributed by atoms with Crippen LogP contribution in [0.1, 0.15) is 17.0 Å². The third-order valence-corrected chi connectivity index (χ3v) is 3.88. The molecule has 0 aliphatic heterocycles. The van der Waals surface area contributed by atoms with Crippen LogP contribution in [-0.4, -0.2) is 14.5 Å². The van der Waals surface area contributed by atoms with Crippen molar-refractivity contribution in [2.24, 2.45) is 0 Å². The predicted molar refractivity (Wildman–Crippen MR) is 76.5 cm³/mol. The minimum atomic E-state index is 0.301. The molecule has 0 fully saturated rings. The van der Waals surface area contributed by atoms with Crippen LogP contribution < -0.4 is 5.32 Å². The number of hydrogen-bond acceptors (Lipinski definition) is 4. The van der Waals surface area contributed by atoms with Gasteiger partial charge in [-0.3, -0.25) is 4.40 Å². The largest absolute Gasteiger partial charge is 0.508 e. The van der Waals surface area contributed by atoms with Crippen LogP contribution in [0.3, 0.4) is 0 Å². The first-order valence-corrected chi connectivity index (χ1v) is 7.01. The van der Waals surface area contributed by atoms with Gasteiger partial charge < -0.3 is 10.4 Å². The van der Waals surface area contributed by atoms with Crippen molar-refractivity contribution >= 4 is 16.3 Å². The summed E-state index contributed by atoms with van der Waals surface area (Å²) in [6, 6.07) is 7.26. The fourth-order valence-corrected chi connectivity index (χ4v) is 2.87. The molecular formula is C14H15N3OS. The zero-order valence-corrected chi connectivity index (χ0v) is 11.4. The van der Waals surface area contributed by atoms with Crippen LogP contribution in [0.2, 0.25) is 0 Å². The van der Waals surface area contributed by atoms with Crippen molar-refractivity contribution in [3.63, 3.8) is 0 Å². The molecule has 2 heterocycles. The normalized spacial score (nSPS) is 11.2. The zero-order chi connectivity index (χ0) is 13.2. The average molecular weight is 273 g/mol. The number of nitrogens with zero attached hydrogens (tertiary/aromatic N) is 2. The molecule has 3 rings (SSSR count). The molecule has 0 aliphatic rings. The Bertz CT molecular complexity index is 684. The van der Waals surface area contributed by atoms with E-state index in [2.05, 4.69) is 20.9 Å². The van der Waals surface area contributed by atoms with Crippen LogP contribution in [-0.2, 0) is 13.1 Å². The Morgan fingerprint density at radius 3 is 2.84 bits per heavy atom. The van der Waals surface area contributed by atoms with Gasteiger partial charge in [-0.25, -0.2) is 4.98 Å². The van der Waals surface area contributed by atoms with Gasteiger partial charge in [0.1, 0.15) is 5.75 Å². The van der Waals surface area contributed by atoms with Crippen molar-refractivity contribution in [2.75, 3.05) is 0 Å². The Morgan fingerprint density at radius 1 is 1.26 bits per heavy atom. The molecule has 98 valence electrons. The van der Waals surface area contributed by atoms with E-state index in [1.165, 1.54) is 5.69 Å². The van der Waals surface area contributed by atoms with E-state index in [0.717, 1.165) is 29.3 Å². The van der Waals surface area contributed by atoms with Gasteiger partial charge in [0.15, 0.2) is 4.96 Å². The van der Waals surface area contributed by atoms with E-state index in [1.54, 1.807) is 23.5 Å². The van der Waals surface area contributed by atoms with Gasteiger partial charge in [0.05, 0.1) is 11.4 Å². The molecule has 0 saturated heterocycles. The number of hydrogen-bond donors (Lipinski definition) is 2. The van der Waals surface area contributed by atoms with Crippen LogP contribution in [0.4, 0.5) is 0 Å². The molecule has 2 aromatic heterocycles. The maximum absolute atomic E-state index is 9.23. The van der Waals surface area contributed by atoms with Crippen molar-refractivity contribution in [1.29, 1.82) is 0 Å². The summed E-state index contributed by atoms with van der Waals surface area (Å²) in [5, 5.41) is 14.7. The number of imidazole rings is 1. The van der Waals surface area contributed by atoms with Crippen molar-refractivity contribution < 1.29 is 5.11 Å². The van der Waals surface area contributed by atoms with E-state index < -0.39 is 0 Å². The van der Waals surface area contributed by atoms with Crippen molar-refractivity contribution in [2.45, 2.75) is 20.0 Å². The zero-order valence-electron chi connectivity index (χ0n) is 10.6. The number of rotatable bonds is 4. The third kappa shape index (κ3) is 2.47. The molecule has 0 radical (unpaired) electrons. The first-order chi connectivity index (χ1) is 9.24. The molecule has 0 bridgehead atoms. The van der Waals surface area contributed by atoms with E-state index in [9.17, 15) is 5.11 Å². The topological polar surface area (TPSA) is 49.6 Å². The highest BCUT2D eigenvalue weighted by atomic mass is 32.1. The quantitative estimate of drug-likeness (QED) is 0.768. The molecule has 0 saturated carbocycles. The van der Waals surface area contributed by atoms with Gasteiger partial charge in [0, 0.05) is 24.7 Å². The highest BCUT2D eigenvalue weighted by molar-refractivity contribution is 7.15. The average Bonchev–Trinajstić information content (AvgIpc) is 2.94. The number of phenolic OH excluding ortho intramolecular Hbond substituents is 1. The maximum atomic E-state index is 9.23. The van der Waals surface area contributed by atoms with Gasteiger partial charge in [-0.05, 0) is 24.6 Å². The molecule has 2 N–H and O–H groups in total. The summed E-state index contributed by atoms with van der Waals surface area (Å²) in [5.41, 5.74) is 3.43. The molecule has 1 aromatic carbocycles. The van der Waals surface area contributed by atoms with E-state index in [1.807, 2.05) is 24.4 Å². The smallest absolute Gasteiger partial charge is 0.194 e. The van der Waals surface area contributed by atoms with Gasteiger partial charge in [-0.1, -0.05) is 12.1 Å². The summed E-state index contributed by atoms with van der Waals surface area (Å²) in [6.45, 7) is 3.60. The van der Waals surface area contributed by atoms with Gasteiger partial charge in [-0.15, -0.1) is 11.3 Å². The molecule has 0 atom stereocenters.